The highest BCUT2D eigenvalue weighted by Gasteiger charge is 2.36. The van der Waals surface area contributed by atoms with Gasteiger partial charge in [0.25, 0.3) is 11.8 Å². The standard InChI is InChI=1S/C30H37N3O3/c1-2-32-20-9-3-4-10-21-33(30(35)24-14-11-12-22-18-19-31-28(22)24)25-15-6-8-17-27(25)36-26-16-7-5-13-23(26)29(32)34/h5,7,11-14,16,18-19,25,27,31H,2-4,6,8-10,15,17,20-21H2,1H3/t25-,27+/m1/s1. The van der Waals surface area contributed by atoms with Crippen LogP contribution in [0.25, 0.3) is 10.9 Å². The van der Waals surface area contributed by atoms with Gasteiger partial charge >= 0.3 is 0 Å². The van der Waals surface area contributed by atoms with Crippen molar-refractivity contribution in [3.8, 4) is 5.75 Å². The van der Waals surface area contributed by atoms with Crippen molar-refractivity contribution >= 4 is 22.7 Å². The Morgan fingerprint density at radius 2 is 1.75 bits per heavy atom. The second-order valence-electron chi connectivity index (χ2n) is 10.0. The Bertz CT molecular complexity index is 1200. The van der Waals surface area contributed by atoms with Gasteiger partial charge in [-0.15, -0.1) is 0 Å². The van der Waals surface area contributed by atoms with E-state index < -0.39 is 0 Å². The maximum absolute atomic E-state index is 14.1. The molecule has 2 atom stereocenters. The number of fused-ring (bicyclic) bond motifs is 3. The summed E-state index contributed by atoms with van der Waals surface area (Å²) in [5, 5.41) is 1.05. The average molecular weight is 488 g/mol. The summed E-state index contributed by atoms with van der Waals surface area (Å²) in [7, 11) is 0. The van der Waals surface area contributed by atoms with E-state index in [1.807, 2.05) is 66.6 Å². The molecular formula is C30H37N3O3. The van der Waals surface area contributed by atoms with Crippen LogP contribution in [0, 0.1) is 0 Å². The lowest BCUT2D eigenvalue weighted by atomic mass is 9.90. The van der Waals surface area contributed by atoms with Gasteiger partial charge in [0.05, 0.1) is 22.7 Å². The summed E-state index contributed by atoms with van der Waals surface area (Å²) in [5.74, 6) is 0.731. The lowest BCUT2D eigenvalue weighted by Crippen LogP contribution is -2.51. The van der Waals surface area contributed by atoms with E-state index in [9.17, 15) is 9.59 Å². The second-order valence-corrected chi connectivity index (χ2v) is 10.0. The largest absolute Gasteiger partial charge is 0.487 e. The van der Waals surface area contributed by atoms with E-state index in [-0.39, 0.29) is 24.0 Å². The molecule has 1 N–H and O–H groups in total. The molecule has 2 aliphatic rings. The number of para-hydroxylation sites is 2. The van der Waals surface area contributed by atoms with E-state index in [1.54, 1.807) is 0 Å². The monoisotopic (exact) mass is 487 g/mol. The van der Waals surface area contributed by atoms with E-state index in [2.05, 4.69) is 9.88 Å². The van der Waals surface area contributed by atoms with Crippen LogP contribution in [-0.4, -0.2) is 58.4 Å². The molecule has 2 heterocycles. The first-order chi connectivity index (χ1) is 17.7. The van der Waals surface area contributed by atoms with Crippen molar-refractivity contribution in [3.05, 3.63) is 65.9 Å². The van der Waals surface area contributed by atoms with E-state index in [4.69, 9.17) is 4.74 Å². The van der Waals surface area contributed by atoms with Gasteiger partial charge in [-0.25, -0.2) is 0 Å². The summed E-state index contributed by atoms with van der Waals surface area (Å²) in [4.78, 5) is 34.8. The molecule has 0 bridgehead atoms. The van der Waals surface area contributed by atoms with Crippen LogP contribution in [0.15, 0.2) is 54.7 Å². The molecule has 1 aliphatic heterocycles. The molecule has 6 heteroatoms. The van der Waals surface area contributed by atoms with Gasteiger partial charge in [0, 0.05) is 31.2 Å². The van der Waals surface area contributed by atoms with Gasteiger partial charge in [-0.3, -0.25) is 9.59 Å². The van der Waals surface area contributed by atoms with Crippen molar-refractivity contribution in [3.63, 3.8) is 0 Å². The summed E-state index contributed by atoms with van der Waals surface area (Å²) in [6.45, 7) is 4.19. The van der Waals surface area contributed by atoms with E-state index in [0.717, 1.165) is 80.9 Å². The predicted molar refractivity (Wildman–Crippen MR) is 142 cm³/mol. The molecule has 0 unspecified atom stereocenters. The molecule has 0 radical (unpaired) electrons. The lowest BCUT2D eigenvalue weighted by Gasteiger charge is -2.40. The molecule has 1 saturated carbocycles. The Hall–Kier alpha value is -3.28. The molecule has 2 aromatic carbocycles. The highest BCUT2D eigenvalue weighted by molar-refractivity contribution is 6.05. The first-order valence-corrected chi connectivity index (χ1v) is 13.6. The summed E-state index contributed by atoms with van der Waals surface area (Å²) in [5.41, 5.74) is 2.23. The summed E-state index contributed by atoms with van der Waals surface area (Å²) >= 11 is 0. The molecular weight excluding hydrogens is 450 g/mol. The number of nitrogens with one attached hydrogen (secondary N) is 1. The fraction of sp³-hybridized carbons (Fsp3) is 0.467. The predicted octanol–water partition coefficient (Wildman–Crippen LogP) is 6.04. The Kier molecular flexibility index (Phi) is 7.59. The fourth-order valence-corrected chi connectivity index (χ4v) is 5.83. The number of rotatable bonds is 2. The topological polar surface area (TPSA) is 65.6 Å². The number of H-pyrrole nitrogens is 1. The molecule has 6 nitrogen and oxygen atoms in total. The van der Waals surface area contributed by atoms with Crippen LogP contribution in [0.1, 0.15) is 79.0 Å². The third kappa shape index (κ3) is 4.99. The SMILES string of the molecule is CCN1CCCCCCN(C(=O)c2cccc3cc[nH]c23)[C@@H]2CCCC[C@@H]2Oc2ccccc2C1=O. The number of hydrogen-bond acceptors (Lipinski definition) is 3. The van der Waals surface area contributed by atoms with Crippen LogP contribution in [0.4, 0.5) is 0 Å². The van der Waals surface area contributed by atoms with Crippen LogP contribution >= 0.6 is 0 Å². The number of ether oxygens (including phenoxy) is 1. The van der Waals surface area contributed by atoms with E-state index in [0.29, 0.717) is 17.9 Å². The zero-order valence-electron chi connectivity index (χ0n) is 21.2. The molecule has 3 aromatic rings. The molecule has 1 fully saturated rings. The van der Waals surface area contributed by atoms with Gasteiger partial charge in [-0.05, 0) is 63.3 Å². The molecule has 0 spiro atoms. The maximum atomic E-state index is 14.1. The number of aromatic nitrogens is 1. The van der Waals surface area contributed by atoms with Gasteiger partial charge in [0.2, 0.25) is 0 Å². The number of hydrogen-bond donors (Lipinski definition) is 1. The Balaban J connectivity index is 1.51. The Morgan fingerprint density at radius 3 is 2.61 bits per heavy atom. The van der Waals surface area contributed by atoms with Gasteiger partial charge in [-0.1, -0.05) is 43.5 Å². The first-order valence-electron chi connectivity index (χ1n) is 13.6. The normalized spacial score (nSPS) is 21.9. The third-order valence-electron chi connectivity index (χ3n) is 7.79. The Morgan fingerprint density at radius 1 is 0.944 bits per heavy atom. The zero-order valence-corrected chi connectivity index (χ0v) is 21.2. The van der Waals surface area contributed by atoms with Gasteiger partial charge in [0.1, 0.15) is 11.9 Å². The maximum Gasteiger partial charge on any atom is 0.257 e. The van der Waals surface area contributed by atoms with Crippen molar-refractivity contribution in [2.75, 3.05) is 19.6 Å². The van der Waals surface area contributed by atoms with Gasteiger partial charge < -0.3 is 19.5 Å². The summed E-state index contributed by atoms with van der Waals surface area (Å²) < 4.78 is 6.65. The minimum atomic E-state index is -0.141. The average Bonchev–Trinajstić information content (AvgIpc) is 3.39. The number of nitrogens with zero attached hydrogens (tertiary/aromatic N) is 2. The van der Waals surface area contributed by atoms with Gasteiger partial charge in [-0.2, -0.15) is 0 Å². The minimum Gasteiger partial charge on any atom is -0.487 e. The number of benzene rings is 2. The minimum absolute atomic E-state index is 0.0233. The first kappa shape index (κ1) is 24.4. The molecule has 1 aliphatic carbocycles. The fourth-order valence-electron chi connectivity index (χ4n) is 5.83. The van der Waals surface area contributed by atoms with Crippen LogP contribution in [-0.2, 0) is 0 Å². The number of amides is 2. The van der Waals surface area contributed by atoms with E-state index >= 15 is 0 Å². The highest BCUT2D eigenvalue weighted by Crippen LogP contribution is 2.32. The van der Waals surface area contributed by atoms with Crippen LogP contribution in [0.3, 0.4) is 0 Å². The van der Waals surface area contributed by atoms with Crippen LogP contribution < -0.4 is 4.74 Å². The molecule has 1 aromatic heterocycles. The zero-order chi connectivity index (χ0) is 24.9. The van der Waals surface area contributed by atoms with E-state index in [1.165, 1.54) is 0 Å². The molecule has 2 amide bonds. The Labute approximate surface area is 213 Å². The molecule has 36 heavy (non-hydrogen) atoms. The van der Waals surface area contributed by atoms with Crippen LogP contribution in [0.2, 0.25) is 0 Å². The molecule has 190 valence electrons. The second kappa shape index (κ2) is 11.2. The van der Waals surface area contributed by atoms with Crippen molar-refractivity contribution in [2.45, 2.75) is 70.4 Å². The number of carbonyl (C=O) groups excluding carboxylic acids is 2. The van der Waals surface area contributed by atoms with Crippen molar-refractivity contribution in [1.82, 2.24) is 14.8 Å². The number of aromatic amines is 1. The van der Waals surface area contributed by atoms with Crippen molar-refractivity contribution < 1.29 is 14.3 Å². The lowest BCUT2D eigenvalue weighted by molar-refractivity contribution is 0.0268. The molecule has 5 rings (SSSR count). The summed E-state index contributed by atoms with van der Waals surface area (Å²) in [6, 6.07) is 15.5. The smallest absolute Gasteiger partial charge is 0.257 e. The van der Waals surface area contributed by atoms with Crippen LogP contribution in [0.5, 0.6) is 5.75 Å². The quantitative estimate of drug-likeness (QED) is 0.479. The van der Waals surface area contributed by atoms with Crippen molar-refractivity contribution in [2.24, 2.45) is 0 Å². The highest BCUT2D eigenvalue weighted by atomic mass is 16.5. The molecule has 0 saturated heterocycles. The van der Waals surface area contributed by atoms with Gasteiger partial charge in [0.15, 0.2) is 0 Å². The van der Waals surface area contributed by atoms with Crippen molar-refractivity contribution in [1.29, 1.82) is 0 Å². The number of carbonyl (C=O) groups is 2. The summed E-state index contributed by atoms with van der Waals surface area (Å²) in [6.07, 6.45) is 9.67. The third-order valence-corrected chi connectivity index (χ3v) is 7.79.